The third-order valence-corrected chi connectivity index (χ3v) is 5.62. The van der Waals surface area contributed by atoms with Gasteiger partial charge in [-0.15, -0.1) is 0 Å². The number of carbonyl (C=O) groups excluding carboxylic acids is 3. The topological polar surface area (TPSA) is 96.4 Å². The Morgan fingerprint density at radius 1 is 1.13 bits per heavy atom. The van der Waals surface area contributed by atoms with Crippen molar-refractivity contribution in [1.82, 2.24) is 9.80 Å². The predicted molar refractivity (Wildman–Crippen MR) is 112 cm³/mol. The second-order valence-corrected chi connectivity index (χ2v) is 9.25. The molecule has 0 aromatic carbocycles. The highest BCUT2D eigenvalue weighted by Crippen LogP contribution is 2.27. The Labute approximate surface area is 179 Å². The van der Waals surface area contributed by atoms with E-state index >= 15 is 0 Å². The lowest BCUT2D eigenvalue weighted by Gasteiger charge is -2.34. The van der Waals surface area contributed by atoms with Crippen LogP contribution in [0, 0.1) is 5.92 Å². The summed E-state index contributed by atoms with van der Waals surface area (Å²) in [5.74, 6) is -0.453. The third kappa shape index (κ3) is 7.87. The first-order valence-corrected chi connectivity index (χ1v) is 11.2. The van der Waals surface area contributed by atoms with Crippen molar-refractivity contribution in [1.29, 1.82) is 0 Å². The molecule has 30 heavy (non-hydrogen) atoms. The quantitative estimate of drug-likeness (QED) is 0.564. The van der Waals surface area contributed by atoms with Crippen LogP contribution in [-0.4, -0.2) is 83.8 Å². The van der Waals surface area contributed by atoms with Crippen LogP contribution in [0.3, 0.4) is 0 Å². The lowest BCUT2D eigenvalue weighted by Crippen LogP contribution is -2.50. The summed E-state index contributed by atoms with van der Waals surface area (Å²) in [7, 11) is 0. The number of esters is 1. The van der Waals surface area contributed by atoms with Crippen molar-refractivity contribution in [3.63, 3.8) is 0 Å². The van der Waals surface area contributed by atoms with Crippen molar-refractivity contribution in [3.8, 4) is 0 Å². The molecular formula is C22H38N2O6. The minimum atomic E-state index is -0.833. The normalized spacial score (nSPS) is 18.9. The van der Waals surface area contributed by atoms with E-state index in [2.05, 4.69) is 0 Å². The molecule has 0 radical (unpaired) electrons. The molecule has 2 aliphatic rings. The number of aliphatic hydroxyl groups excluding tert-OH is 1. The van der Waals surface area contributed by atoms with Gasteiger partial charge in [-0.3, -0.25) is 9.59 Å². The number of morpholine rings is 1. The van der Waals surface area contributed by atoms with Gasteiger partial charge in [0.15, 0.2) is 0 Å². The van der Waals surface area contributed by atoms with E-state index < -0.39 is 17.6 Å². The van der Waals surface area contributed by atoms with E-state index in [1.165, 1.54) is 0 Å². The molecule has 1 aliphatic carbocycles. The fourth-order valence-electron chi connectivity index (χ4n) is 4.10. The molecule has 1 N–H and O–H groups in total. The Kier molecular flexibility index (Phi) is 9.55. The fourth-order valence-corrected chi connectivity index (χ4v) is 4.10. The number of hydrogen-bond acceptors (Lipinski definition) is 6. The Bertz CT molecular complexity index is 577. The maximum absolute atomic E-state index is 13.1. The van der Waals surface area contributed by atoms with Gasteiger partial charge in [0, 0.05) is 45.5 Å². The van der Waals surface area contributed by atoms with E-state index in [-0.39, 0.29) is 37.7 Å². The minimum Gasteiger partial charge on any atom is -0.458 e. The summed E-state index contributed by atoms with van der Waals surface area (Å²) < 4.78 is 10.8. The molecule has 172 valence electrons. The first kappa shape index (κ1) is 24.6. The highest BCUT2D eigenvalue weighted by molar-refractivity contribution is 5.87. The zero-order valence-electron chi connectivity index (χ0n) is 18.7. The first-order chi connectivity index (χ1) is 14.2. The van der Waals surface area contributed by atoms with Crippen molar-refractivity contribution in [2.75, 3.05) is 39.5 Å². The largest absolute Gasteiger partial charge is 0.458 e. The van der Waals surface area contributed by atoms with Gasteiger partial charge in [0.1, 0.15) is 11.6 Å². The highest BCUT2D eigenvalue weighted by Gasteiger charge is 2.35. The predicted octanol–water partition coefficient (Wildman–Crippen LogP) is 1.74. The SMILES string of the molecule is CC(C)(C)OC(=O)[C@H](CCO)N(CC1CCCC1)C(=O)CCC(=O)N1CCOCC1. The second-order valence-electron chi connectivity index (χ2n) is 9.25. The van der Waals surface area contributed by atoms with Crippen LogP contribution in [0.5, 0.6) is 0 Å². The Balaban J connectivity index is 2.07. The molecule has 2 fully saturated rings. The van der Waals surface area contributed by atoms with E-state index in [0.29, 0.717) is 38.8 Å². The third-order valence-electron chi connectivity index (χ3n) is 5.62. The van der Waals surface area contributed by atoms with Crippen molar-refractivity contribution in [2.45, 2.75) is 77.4 Å². The summed E-state index contributed by atoms with van der Waals surface area (Å²) in [5.41, 5.74) is -0.681. The van der Waals surface area contributed by atoms with Crippen molar-refractivity contribution in [3.05, 3.63) is 0 Å². The van der Waals surface area contributed by atoms with E-state index in [0.717, 1.165) is 25.7 Å². The van der Waals surface area contributed by atoms with Crippen LogP contribution < -0.4 is 0 Å². The van der Waals surface area contributed by atoms with Gasteiger partial charge in [-0.2, -0.15) is 0 Å². The zero-order valence-corrected chi connectivity index (χ0v) is 18.7. The van der Waals surface area contributed by atoms with Gasteiger partial charge < -0.3 is 24.4 Å². The van der Waals surface area contributed by atoms with Gasteiger partial charge in [-0.25, -0.2) is 4.79 Å². The summed E-state index contributed by atoms with van der Waals surface area (Å²) in [4.78, 5) is 41.7. The van der Waals surface area contributed by atoms with Crippen LogP contribution in [0.25, 0.3) is 0 Å². The average molecular weight is 427 g/mol. The number of nitrogens with zero attached hydrogens (tertiary/aromatic N) is 2. The van der Waals surface area contributed by atoms with Crippen molar-refractivity contribution < 1.29 is 29.0 Å². The molecule has 1 saturated heterocycles. The Hall–Kier alpha value is -1.67. The molecule has 1 aliphatic heterocycles. The molecule has 2 amide bonds. The van der Waals surface area contributed by atoms with Crippen LogP contribution >= 0.6 is 0 Å². The van der Waals surface area contributed by atoms with Gasteiger partial charge in [-0.1, -0.05) is 12.8 Å². The van der Waals surface area contributed by atoms with Gasteiger partial charge >= 0.3 is 5.97 Å². The molecule has 0 aromatic heterocycles. The summed E-state index contributed by atoms with van der Waals surface area (Å²) in [5, 5.41) is 9.55. The molecule has 8 heteroatoms. The molecular weight excluding hydrogens is 388 g/mol. The van der Waals surface area contributed by atoms with Crippen LogP contribution in [0.1, 0.15) is 65.7 Å². The number of ether oxygens (including phenoxy) is 2. The number of carbonyl (C=O) groups is 3. The molecule has 1 saturated carbocycles. The molecule has 8 nitrogen and oxygen atoms in total. The van der Waals surface area contributed by atoms with E-state index in [1.807, 2.05) is 0 Å². The standard InChI is InChI=1S/C22H38N2O6/c1-22(2,3)30-21(28)18(10-13-25)24(16-17-6-4-5-7-17)20(27)9-8-19(26)23-11-14-29-15-12-23/h17-18,25H,4-16H2,1-3H3/t18-/m0/s1. The minimum absolute atomic E-state index is 0.0492. The average Bonchev–Trinajstić information content (AvgIpc) is 3.21. The maximum Gasteiger partial charge on any atom is 0.329 e. The molecule has 0 aromatic rings. The summed E-state index contributed by atoms with van der Waals surface area (Å²) in [6, 6.07) is -0.833. The molecule has 2 rings (SSSR count). The lowest BCUT2D eigenvalue weighted by molar-refractivity contribution is -0.166. The van der Waals surface area contributed by atoms with Gasteiger partial charge in [0.25, 0.3) is 0 Å². The summed E-state index contributed by atoms with van der Waals surface area (Å²) in [6.07, 6.45) is 4.59. The van der Waals surface area contributed by atoms with Crippen molar-refractivity contribution in [2.24, 2.45) is 5.92 Å². The lowest BCUT2D eigenvalue weighted by atomic mass is 10.0. The van der Waals surface area contributed by atoms with E-state index in [4.69, 9.17) is 9.47 Å². The highest BCUT2D eigenvalue weighted by atomic mass is 16.6. The van der Waals surface area contributed by atoms with Crippen LogP contribution in [-0.2, 0) is 23.9 Å². The smallest absolute Gasteiger partial charge is 0.329 e. The van der Waals surface area contributed by atoms with Crippen LogP contribution in [0.2, 0.25) is 0 Å². The Morgan fingerprint density at radius 2 is 1.77 bits per heavy atom. The molecule has 1 atom stereocenters. The fraction of sp³-hybridized carbons (Fsp3) is 0.864. The first-order valence-electron chi connectivity index (χ1n) is 11.2. The monoisotopic (exact) mass is 426 g/mol. The maximum atomic E-state index is 13.1. The molecule has 1 heterocycles. The zero-order chi connectivity index (χ0) is 22.1. The van der Waals surface area contributed by atoms with Crippen LogP contribution in [0.15, 0.2) is 0 Å². The second kappa shape index (κ2) is 11.6. The number of aliphatic hydroxyl groups is 1. The summed E-state index contributed by atoms with van der Waals surface area (Å²) >= 11 is 0. The number of rotatable bonds is 9. The summed E-state index contributed by atoms with van der Waals surface area (Å²) in [6.45, 7) is 7.73. The molecule has 0 spiro atoms. The molecule has 0 bridgehead atoms. The van der Waals surface area contributed by atoms with E-state index in [1.54, 1.807) is 30.6 Å². The molecule has 0 unspecified atom stereocenters. The van der Waals surface area contributed by atoms with Gasteiger partial charge in [0.2, 0.25) is 11.8 Å². The Morgan fingerprint density at radius 3 is 2.33 bits per heavy atom. The van der Waals surface area contributed by atoms with Gasteiger partial charge in [-0.05, 0) is 39.5 Å². The van der Waals surface area contributed by atoms with Gasteiger partial charge in [0.05, 0.1) is 13.2 Å². The number of hydrogen-bond donors (Lipinski definition) is 1. The van der Waals surface area contributed by atoms with E-state index in [9.17, 15) is 19.5 Å². The van der Waals surface area contributed by atoms with Crippen molar-refractivity contribution >= 4 is 17.8 Å². The van der Waals surface area contributed by atoms with Crippen LogP contribution in [0.4, 0.5) is 0 Å². The number of amides is 2.